The maximum atomic E-state index is 13.2. The number of nitro groups is 1. The quantitative estimate of drug-likeness (QED) is 0.453. The fraction of sp³-hybridized carbons (Fsp3) is 0.538. The zero-order valence-electron chi connectivity index (χ0n) is 11.1. The Labute approximate surface area is 111 Å². The highest BCUT2D eigenvalue weighted by Gasteiger charge is 2.21. The molecule has 2 atom stereocenters. The number of hydrogen-bond donors (Lipinski definition) is 2. The van der Waals surface area contributed by atoms with Gasteiger partial charge in [0.15, 0.2) is 0 Å². The normalized spacial score (nSPS) is 14.1. The number of unbranched alkanes of at least 4 members (excludes halogenated alkanes) is 1. The average Bonchev–Trinajstić information content (AvgIpc) is 2.38. The molecule has 0 saturated heterocycles. The van der Waals surface area contributed by atoms with Crippen LogP contribution in [0.3, 0.4) is 0 Å². The summed E-state index contributed by atoms with van der Waals surface area (Å²) in [6.45, 7) is 4.61. The third-order valence-electron chi connectivity index (χ3n) is 2.98. The van der Waals surface area contributed by atoms with Crippen molar-refractivity contribution < 1.29 is 14.4 Å². The number of nitrogens with one attached hydrogen (secondary N) is 1. The van der Waals surface area contributed by atoms with Crippen molar-refractivity contribution in [2.24, 2.45) is 0 Å². The van der Waals surface area contributed by atoms with Gasteiger partial charge >= 0.3 is 5.69 Å². The fourth-order valence-electron chi connectivity index (χ4n) is 1.76. The van der Waals surface area contributed by atoms with E-state index in [9.17, 15) is 19.6 Å². The lowest BCUT2D eigenvalue weighted by Gasteiger charge is -2.20. The third-order valence-corrected chi connectivity index (χ3v) is 2.98. The van der Waals surface area contributed by atoms with Gasteiger partial charge in [-0.25, -0.2) is 0 Å². The van der Waals surface area contributed by atoms with E-state index in [2.05, 4.69) is 12.2 Å². The lowest BCUT2D eigenvalue weighted by Crippen LogP contribution is -2.32. The summed E-state index contributed by atoms with van der Waals surface area (Å²) in [6.07, 6.45) is 1.12. The van der Waals surface area contributed by atoms with Crippen LogP contribution in [0, 0.1) is 15.9 Å². The summed E-state index contributed by atoms with van der Waals surface area (Å²) in [5.74, 6) is -0.896. The SMILES string of the molecule is CCCCNC(C)C(O)c1ccc(F)c([N+](=O)[O-])c1. The third kappa shape index (κ3) is 4.25. The summed E-state index contributed by atoms with van der Waals surface area (Å²) in [6, 6.07) is 3.20. The Hall–Kier alpha value is -1.53. The Morgan fingerprint density at radius 3 is 2.79 bits per heavy atom. The monoisotopic (exact) mass is 270 g/mol. The van der Waals surface area contributed by atoms with Gasteiger partial charge < -0.3 is 10.4 Å². The molecule has 1 aromatic rings. The maximum absolute atomic E-state index is 13.2. The molecule has 0 saturated carbocycles. The van der Waals surface area contributed by atoms with Gasteiger partial charge in [0.2, 0.25) is 5.82 Å². The molecule has 6 heteroatoms. The van der Waals surface area contributed by atoms with E-state index in [0.717, 1.165) is 31.5 Å². The molecule has 0 bridgehead atoms. The Balaban J connectivity index is 2.78. The van der Waals surface area contributed by atoms with Crippen LogP contribution in [-0.4, -0.2) is 22.6 Å². The van der Waals surface area contributed by atoms with Gasteiger partial charge in [-0.3, -0.25) is 10.1 Å². The lowest BCUT2D eigenvalue weighted by atomic mass is 10.0. The number of rotatable bonds is 7. The van der Waals surface area contributed by atoms with Crippen molar-refractivity contribution in [3.05, 3.63) is 39.7 Å². The van der Waals surface area contributed by atoms with Crippen molar-refractivity contribution in [3.63, 3.8) is 0 Å². The van der Waals surface area contributed by atoms with Crippen molar-refractivity contribution in [1.82, 2.24) is 5.32 Å². The van der Waals surface area contributed by atoms with Gasteiger partial charge in [-0.2, -0.15) is 4.39 Å². The van der Waals surface area contributed by atoms with Crippen LogP contribution in [0.2, 0.25) is 0 Å². The van der Waals surface area contributed by atoms with Crippen LogP contribution in [0.1, 0.15) is 38.4 Å². The van der Waals surface area contributed by atoms with Gasteiger partial charge in [-0.05, 0) is 31.5 Å². The van der Waals surface area contributed by atoms with E-state index in [1.165, 1.54) is 6.07 Å². The van der Waals surface area contributed by atoms with Crippen molar-refractivity contribution in [2.75, 3.05) is 6.54 Å². The van der Waals surface area contributed by atoms with Crippen LogP contribution in [0.5, 0.6) is 0 Å². The molecule has 19 heavy (non-hydrogen) atoms. The van der Waals surface area contributed by atoms with Crippen molar-refractivity contribution in [3.8, 4) is 0 Å². The van der Waals surface area contributed by atoms with Gasteiger partial charge in [0.05, 0.1) is 11.0 Å². The Morgan fingerprint density at radius 1 is 1.53 bits per heavy atom. The minimum atomic E-state index is -0.906. The first-order chi connectivity index (χ1) is 8.97. The van der Waals surface area contributed by atoms with Crippen molar-refractivity contribution in [2.45, 2.75) is 38.8 Å². The highest BCUT2D eigenvalue weighted by atomic mass is 19.1. The summed E-state index contributed by atoms with van der Waals surface area (Å²) in [4.78, 5) is 9.85. The molecule has 1 aromatic carbocycles. The predicted octanol–water partition coefficient (Wildman–Crippen LogP) is 2.55. The minimum absolute atomic E-state index is 0.253. The topological polar surface area (TPSA) is 75.4 Å². The summed E-state index contributed by atoms with van der Waals surface area (Å²) < 4.78 is 13.2. The minimum Gasteiger partial charge on any atom is -0.387 e. The van der Waals surface area contributed by atoms with Gasteiger partial charge in [0.25, 0.3) is 0 Å². The molecule has 0 radical (unpaired) electrons. The molecule has 1 rings (SSSR count). The first-order valence-electron chi connectivity index (χ1n) is 6.32. The van der Waals surface area contributed by atoms with Crippen LogP contribution < -0.4 is 5.32 Å². The molecular formula is C13H19FN2O3. The molecule has 2 unspecified atom stereocenters. The molecule has 0 fully saturated rings. The summed E-state index contributed by atoms with van der Waals surface area (Å²) in [5.41, 5.74) is -0.276. The first kappa shape index (κ1) is 15.5. The van der Waals surface area contributed by atoms with Crippen molar-refractivity contribution >= 4 is 5.69 Å². The zero-order valence-corrected chi connectivity index (χ0v) is 11.1. The van der Waals surface area contributed by atoms with Gasteiger partial charge in [0.1, 0.15) is 0 Å². The van der Waals surface area contributed by atoms with E-state index >= 15 is 0 Å². The number of nitro benzene ring substituents is 1. The second kappa shape index (κ2) is 7.16. The van der Waals surface area contributed by atoms with Crippen molar-refractivity contribution in [1.29, 1.82) is 0 Å². The molecule has 0 spiro atoms. The summed E-state index contributed by atoms with van der Waals surface area (Å²) in [5, 5.41) is 23.9. The molecule has 0 aliphatic rings. The molecule has 0 aromatic heterocycles. The maximum Gasteiger partial charge on any atom is 0.305 e. The molecule has 106 valence electrons. The molecule has 0 amide bonds. The zero-order chi connectivity index (χ0) is 14.4. The molecule has 0 aliphatic heterocycles. The van der Waals surface area contributed by atoms with Crippen LogP contribution in [0.25, 0.3) is 0 Å². The molecule has 5 nitrogen and oxygen atoms in total. The van der Waals surface area contributed by atoms with Crippen LogP contribution in [-0.2, 0) is 0 Å². The van der Waals surface area contributed by atoms with Crippen LogP contribution >= 0.6 is 0 Å². The molecule has 0 aliphatic carbocycles. The number of halogens is 1. The van der Waals surface area contributed by atoms with E-state index in [-0.39, 0.29) is 6.04 Å². The Morgan fingerprint density at radius 2 is 2.21 bits per heavy atom. The number of benzene rings is 1. The molecular weight excluding hydrogens is 251 g/mol. The Bertz CT molecular complexity index is 440. The molecule has 0 heterocycles. The highest BCUT2D eigenvalue weighted by Crippen LogP contribution is 2.24. The van der Waals surface area contributed by atoms with E-state index in [1.54, 1.807) is 6.92 Å². The van der Waals surface area contributed by atoms with E-state index in [1.807, 2.05) is 0 Å². The van der Waals surface area contributed by atoms with Crippen LogP contribution in [0.4, 0.5) is 10.1 Å². The number of aliphatic hydroxyl groups is 1. The van der Waals surface area contributed by atoms with Gasteiger partial charge in [0, 0.05) is 12.1 Å². The highest BCUT2D eigenvalue weighted by molar-refractivity contribution is 5.37. The smallest absolute Gasteiger partial charge is 0.305 e. The number of hydrogen-bond acceptors (Lipinski definition) is 4. The predicted molar refractivity (Wildman–Crippen MR) is 70.4 cm³/mol. The van der Waals surface area contributed by atoms with E-state index in [4.69, 9.17) is 0 Å². The standard InChI is InChI=1S/C13H19FN2O3/c1-3-4-7-15-9(2)13(17)10-5-6-11(14)12(8-10)16(18)19/h5-6,8-9,13,15,17H,3-4,7H2,1-2H3. The van der Waals surface area contributed by atoms with Gasteiger partial charge in [-0.15, -0.1) is 0 Å². The van der Waals surface area contributed by atoms with E-state index in [0.29, 0.717) is 5.56 Å². The number of nitrogens with zero attached hydrogens (tertiary/aromatic N) is 1. The number of aliphatic hydroxyl groups excluding tert-OH is 1. The fourth-order valence-corrected chi connectivity index (χ4v) is 1.76. The second-order valence-corrected chi connectivity index (χ2v) is 4.51. The summed E-state index contributed by atoms with van der Waals surface area (Å²) in [7, 11) is 0. The lowest BCUT2D eigenvalue weighted by molar-refractivity contribution is -0.387. The van der Waals surface area contributed by atoms with E-state index < -0.39 is 22.5 Å². The molecule has 2 N–H and O–H groups in total. The summed E-state index contributed by atoms with van der Waals surface area (Å²) >= 11 is 0. The Kier molecular flexibility index (Phi) is 5.85. The largest absolute Gasteiger partial charge is 0.387 e. The average molecular weight is 270 g/mol. The second-order valence-electron chi connectivity index (χ2n) is 4.51. The first-order valence-corrected chi connectivity index (χ1v) is 6.32. The van der Waals surface area contributed by atoms with Gasteiger partial charge in [-0.1, -0.05) is 19.4 Å². The van der Waals surface area contributed by atoms with Crippen LogP contribution in [0.15, 0.2) is 18.2 Å².